The maximum Gasteiger partial charge on any atom is 0.253 e. The Hall–Kier alpha value is -2.69. The number of hydrogen-bond donors (Lipinski definition) is 1. The molecule has 4 nitrogen and oxygen atoms in total. The third-order valence-corrected chi connectivity index (χ3v) is 4.01. The fourth-order valence-electron chi connectivity index (χ4n) is 2.72. The van der Waals surface area contributed by atoms with E-state index in [-0.39, 0.29) is 17.6 Å². The minimum absolute atomic E-state index is 0.0538. The fourth-order valence-corrected chi connectivity index (χ4v) is 2.72. The van der Waals surface area contributed by atoms with E-state index in [1.165, 1.54) is 12.1 Å². The summed E-state index contributed by atoms with van der Waals surface area (Å²) >= 11 is 0. The average Bonchev–Trinajstić information content (AvgIpc) is 2.66. The molecule has 0 saturated heterocycles. The Morgan fingerprint density at radius 1 is 0.962 bits per heavy atom. The maximum absolute atomic E-state index is 12.9. The topological polar surface area (TPSA) is 49.4 Å². The molecule has 0 aliphatic carbocycles. The summed E-state index contributed by atoms with van der Waals surface area (Å²) in [5.41, 5.74) is 1.76. The summed E-state index contributed by atoms with van der Waals surface area (Å²) in [6.45, 7) is 5.78. The Kier molecular flexibility index (Phi) is 7.33. The SMILES string of the molecule is CCCN(CCC)C(=O)c1cccc(C(=O)NCc2ccc(F)cc2)c1. The first-order valence-electron chi connectivity index (χ1n) is 8.97. The Balaban J connectivity index is 2.05. The Morgan fingerprint density at radius 3 is 2.19 bits per heavy atom. The van der Waals surface area contributed by atoms with Gasteiger partial charge in [-0.3, -0.25) is 9.59 Å². The van der Waals surface area contributed by atoms with Crippen molar-refractivity contribution >= 4 is 11.8 Å². The van der Waals surface area contributed by atoms with Gasteiger partial charge >= 0.3 is 0 Å². The predicted octanol–water partition coefficient (Wildman–Crippen LogP) is 4.02. The quantitative estimate of drug-likeness (QED) is 0.777. The first kappa shape index (κ1) is 19.6. The van der Waals surface area contributed by atoms with E-state index in [1.54, 1.807) is 36.4 Å². The van der Waals surface area contributed by atoms with Crippen molar-refractivity contribution in [3.63, 3.8) is 0 Å². The summed E-state index contributed by atoms with van der Waals surface area (Å²) in [7, 11) is 0. The third-order valence-electron chi connectivity index (χ3n) is 4.01. The van der Waals surface area contributed by atoms with Gasteiger partial charge in [-0.15, -0.1) is 0 Å². The van der Waals surface area contributed by atoms with Crippen molar-refractivity contribution in [3.05, 3.63) is 71.0 Å². The second-order valence-electron chi connectivity index (χ2n) is 6.18. The monoisotopic (exact) mass is 356 g/mol. The molecule has 2 amide bonds. The highest BCUT2D eigenvalue weighted by Gasteiger charge is 2.16. The number of amides is 2. The van der Waals surface area contributed by atoms with Crippen molar-refractivity contribution in [3.8, 4) is 0 Å². The largest absolute Gasteiger partial charge is 0.348 e. The van der Waals surface area contributed by atoms with Crippen LogP contribution in [-0.4, -0.2) is 29.8 Å². The third kappa shape index (κ3) is 5.41. The molecule has 2 rings (SSSR count). The highest BCUT2D eigenvalue weighted by Crippen LogP contribution is 2.11. The van der Waals surface area contributed by atoms with E-state index in [0.717, 1.165) is 18.4 Å². The van der Waals surface area contributed by atoms with Gasteiger partial charge in [-0.25, -0.2) is 4.39 Å². The molecule has 2 aromatic carbocycles. The zero-order valence-electron chi connectivity index (χ0n) is 15.3. The molecule has 0 atom stereocenters. The number of nitrogens with zero attached hydrogens (tertiary/aromatic N) is 1. The summed E-state index contributed by atoms with van der Waals surface area (Å²) in [6, 6.07) is 12.7. The fraction of sp³-hybridized carbons (Fsp3) is 0.333. The lowest BCUT2D eigenvalue weighted by Crippen LogP contribution is -2.32. The van der Waals surface area contributed by atoms with E-state index in [0.29, 0.717) is 30.8 Å². The van der Waals surface area contributed by atoms with E-state index in [2.05, 4.69) is 5.32 Å². The Morgan fingerprint density at radius 2 is 1.58 bits per heavy atom. The molecule has 2 aromatic rings. The van der Waals surface area contributed by atoms with Crippen LogP contribution in [0.15, 0.2) is 48.5 Å². The van der Waals surface area contributed by atoms with Crippen LogP contribution in [0.1, 0.15) is 53.0 Å². The van der Waals surface area contributed by atoms with Gasteiger partial charge in [-0.1, -0.05) is 32.0 Å². The molecule has 0 radical (unpaired) electrons. The van der Waals surface area contributed by atoms with Crippen LogP contribution in [-0.2, 0) is 6.54 Å². The van der Waals surface area contributed by atoms with Crippen LogP contribution in [0.2, 0.25) is 0 Å². The van der Waals surface area contributed by atoms with Gasteiger partial charge in [-0.2, -0.15) is 0 Å². The van der Waals surface area contributed by atoms with Crippen LogP contribution in [0, 0.1) is 5.82 Å². The number of carbonyl (C=O) groups excluding carboxylic acids is 2. The van der Waals surface area contributed by atoms with Gasteiger partial charge in [0.05, 0.1) is 0 Å². The maximum atomic E-state index is 12.9. The molecule has 0 aliphatic rings. The minimum Gasteiger partial charge on any atom is -0.348 e. The number of hydrogen-bond acceptors (Lipinski definition) is 2. The predicted molar refractivity (Wildman–Crippen MR) is 100 cm³/mol. The molecule has 138 valence electrons. The second kappa shape index (κ2) is 9.70. The van der Waals surface area contributed by atoms with E-state index >= 15 is 0 Å². The van der Waals surface area contributed by atoms with Crippen LogP contribution in [0.25, 0.3) is 0 Å². The smallest absolute Gasteiger partial charge is 0.253 e. The molecule has 5 heteroatoms. The summed E-state index contributed by atoms with van der Waals surface area (Å²) in [4.78, 5) is 26.9. The van der Waals surface area contributed by atoms with E-state index in [4.69, 9.17) is 0 Å². The molecule has 0 heterocycles. The van der Waals surface area contributed by atoms with Gasteiger partial charge in [0.25, 0.3) is 11.8 Å². The molecule has 0 unspecified atom stereocenters. The Bertz CT molecular complexity index is 738. The normalized spacial score (nSPS) is 10.4. The summed E-state index contributed by atoms with van der Waals surface area (Å²) in [6.07, 6.45) is 1.78. The zero-order valence-corrected chi connectivity index (χ0v) is 15.3. The second-order valence-corrected chi connectivity index (χ2v) is 6.18. The van der Waals surface area contributed by atoms with Crippen molar-refractivity contribution in [2.75, 3.05) is 13.1 Å². The number of rotatable bonds is 8. The number of nitrogens with one attached hydrogen (secondary N) is 1. The van der Waals surface area contributed by atoms with Gasteiger partial charge in [-0.05, 0) is 48.7 Å². The van der Waals surface area contributed by atoms with Crippen LogP contribution in [0.5, 0.6) is 0 Å². The molecule has 0 fully saturated rings. The van der Waals surface area contributed by atoms with Crippen molar-refractivity contribution in [2.24, 2.45) is 0 Å². The van der Waals surface area contributed by atoms with Crippen molar-refractivity contribution in [2.45, 2.75) is 33.2 Å². The number of carbonyl (C=O) groups is 2. The highest BCUT2D eigenvalue weighted by atomic mass is 19.1. The summed E-state index contributed by atoms with van der Waals surface area (Å²) in [5, 5.41) is 2.79. The average molecular weight is 356 g/mol. The van der Waals surface area contributed by atoms with Gasteiger partial charge in [0.2, 0.25) is 0 Å². The van der Waals surface area contributed by atoms with Crippen LogP contribution < -0.4 is 5.32 Å². The van der Waals surface area contributed by atoms with Gasteiger partial charge in [0, 0.05) is 30.8 Å². The van der Waals surface area contributed by atoms with Crippen LogP contribution in [0.3, 0.4) is 0 Å². The van der Waals surface area contributed by atoms with E-state index in [1.807, 2.05) is 18.7 Å². The molecular formula is C21H25FN2O2. The summed E-state index contributed by atoms with van der Waals surface area (Å²) < 4.78 is 12.9. The Labute approximate surface area is 154 Å². The van der Waals surface area contributed by atoms with Gasteiger partial charge in [0.15, 0.2) is 0 Å². The molecule has 0 bridgehead atoms. The number of benzene rings is 2. The van der Waals surface area contributed by atoms with Crippen LogP contribution in [0.4, 0.5) is 4.39 Å². The number of halogens is 1. The molecule has 0 aliphatic heterocycles. The van der Waals surface area contributed by atoms with E-state index in [9.17, 15) is 14.0 Å². The van der Waals surface area contributed by atoms with Gasteiger partial charge < -0.3 is 10.2 Å². The highest BCUT2D eigenvalue weighted by molar-refractivity contribution is 5.99. The van der Waals surface area contributed by atoms with E-state index < -0.39 is 0 Å². The summed E-state index contributed by atoms with van der Waals surface area (Å²) in [5.74, 6) is -0.626. The first-order valence-corrected chi connectivity index (χ1v) is 8.97. The molecule has 0 saturated carbocycles. The molecule has 1 N–H and O–H groups in total. The lowest BCUT2D eigenvalue weighted by Gasteiger charge is -2.21. The molecule has 0 aromatic heterocycles. The molecular weight excluding hydrogens is 331 g/mol. The molecule has 26 heavy (non-hydrogen) atoms. The lowest BCUT2D eigenvalue weighted by molar-refractivity contribution is 0.0755. The lowest BCUT2D eigenvalue weighted by atomic mass is 10.1. The molecule has 0 spiro atoms. The van der Waals surface area contributed by atoms with Crippen molar-refractivity contribution in [1.82, 2.24) is 10.2 Å². The van der Waals surface area contributed by atoms with Crippen molar-refractivity contribution < 1.29 is 14.0 Å². The van der Waals surface area contributed by atoms with Crippen LogP contribution >= 0.6 is 0 Å². The first-order chi connectivity index (χ1) is 12.5. The minimum atomic E-state index is -0.310. The van der Waals surface area contributed by atoms with Crippen molar-refractivity contribution in [1.29, 1.82) is 0 Å². The standard InChI is InChI=1S/C21H25FN2O2/c1-3-12-24(13-4-2)21(26)18-7-5-6-17(14-18)20(25)23-15-16-8-10-19(22)11-9-16/h5-11,14H,3-4,12-13,15H2,1-2H3,(H,23,25). The van der Waals surface area contributed by atoms with Gasteiger partial charge in [0.1, 0.15) is 5.82 Å². The zero-order chi connectivity index (χ0) is 18.9.